The Kier molecular flexibility index (Phi) is 4.33. The summed E-state index contributed by atoms with van der Waals surface area (Å²) in [5, 5.41) is 12.3. The van der Waals surface area contributed by atoms with Gasteiger partial charge in [0.05, 0.1) is 11.2 Å². The van der Waals surface area contributed by atoms with Crippen LogP contribution in [0.1, 0.15) is 0 Å². The van der Waals surface area contributed by atoms with E-state index in [0.29, 0.717) is 17.0 Å². The van der Waals surface area contributed by atoms with Gasteiger partial charge in [-0.25, -0.2) is 14.8 Å². The highest BCUT2D eigenvalue weighted by atomic mass is 16.5. The fraction of sp³-hybridized carbons (Fsp3) is 0.0588. The van der Waals surface area contributed by atoms with Gasteiger partial charge in [0, 0.05) is 11.6 Å². The molecule has 1 aromatic heterocycles. The lowest BCUT2D eigenvalue weighted by Crippen LogP contribution is -2.13. The van der Waals surface area contributed by atoms with Crippen LogP contribution in [0.15, 0.2) is 59.5 Å². The molecule has 7 nitrogen and oxygen atoms in total. The number of aliphatic carboxylic acids is 1. The molecule has 0 fully saturated rings. The van der Waals surface area contributed by atoms with Gasteiger partial charge in [0.1, 0.15) is 5.75 Å². The minimum Gasteiger partial charge on any atom is -0.480 e. The molecule has 24 heavy (non-hydrogen) atoms. The van der Waals surface area contributed by atoms with Crippen molar-refractivity contribution in [1.82, 2.24) is 9.97 Å². The predicted molar refractivity (Wildman–Crippen MR) is 88.7 cm³/mol. The SMILES string of the molecule is O=C(O)COc1ccccc1Nc1ncc2ccccc2nc1=O. The molecule has 2 aromatic carbocycles. The zero-order chi connectivity index (χ0) is 16.9. The van der Waals surface area contributed by atoms with Gasteiger partial charge in [-0.1, -0.05) is 30.3 Å². The molecule has 0 radical (unpaired) electrons. The molecular weight excluding hydrogens is 310 g/mol. The van der Waals surface area contributed by atoms with E-state index in [9.17, 15) is 9.59 Å². The Hall–Kier alpha value is -3.48. The number of rotatable bonds is 5. The molecule has 0 atom stereocenters. The Bertz CT molecular complexity index is 959. The molecule has 2 N–H and O–H groups in total. The van der Waals surface area contributed by atoms with E-state index < -0.39 is 18.1 Å². The first-order valence-corrected chi connectivity index (χ1v) is 7.10. The molecule has 0 spiro atoms. The smallest absolute Gasteiger partial charge is 0.341 e. The highest BCUT2D eigenvalue weighted by Crippen LogP contribution is 2.25. The van der Waals surface area contributed by atoms with Crippen molar-refractivity contribution >= 4 is 28.4 Å². The number of aromatic nitrogens is 2. The number of benzene rings is 2. The number of nitrogens with one attached hydrogen (secondary N) is 1. The van der Waals surface area contributed by atoms with Gasteiger partial charge in [-0.15, -0.1) is 0 Å². The maximum absolute atomic E-state index is 12.2. The zero-order valence-corrected chi connectivity index (χ0v) is 12.5. The van der Waals surface area contributed by atoms with Crippen LogP contribution in [0.25, 0.3) is 10.9 Å². The third-order valence-electron chi connectivity index (χ3n) is 3.19. The number of carboxylic acids is 1. The summed E-state index contributed by atoms with van der Waals surface area (Å²) in [6, 6.07) is 13.8. The van der Waals surface area contributed by atoms with Gasteiger partial charge in [0.15, 0.2) is 12.4 Å². The first kappa shape index (κ1) is 15.4. The average Bonchev–Trinajstić information content (AvgIpc) is 2.73. The van der Waals surface area contributed by atoms with E-state index in [0.717, 1.165) is 5.39 Å². The lowest BCUT2D eigenvalue weighted by molar-refractivity contribution is -0.139. The van der Waals surface area contributed by atoms with Crippen molar-refractivity contribution in [3.63, 3.8) is 0 Å². The van der Waals surface area contributed by atoms with Crippen molar-refractivity contribution in [3.05, 3.63) is 65.1 Å². The molecule has 0 aliphatic rings. The van der Waals surface area contributed by atoms with Crippen molar-refractivity contribution in [2.45, 2.75) is 0 Å². The molecule has 0 saturated heterocycles. The second-order valence-corrected chi connectivity index (χ2v) is 4.89. The van der Waals surface area contributed by atoms with E-state index in [2.05, 4.69) is 15.3 Å². The standard InChI is InChI=1S/C17H13N3O4/c21-15(22)10-24-14-8-4-3-7-13(14)19-16-17(23)20-12-6-2-1-5-11(12)9-18-16/h1-9H,10H2,(H,21,22)(H,18,19,20,23). The summed E-state index contributed by atoms with van der Waals surface area (Å²) >= 11 is 0. The third-order valence-corrected chi connectivity index (χ3v) is 3.19. The van der Waals surface area contributed by atoms with Crippen LogP contribution >= 0.6 is 0 Å². The molecule has 3 aromatic rings. The number of fused-ring (bicyclic) bond motifs is 1. The van der Waals surface area contributed by atoms with Crippen LogP contribution in [0.3, 0.4) is 0 Å². The van der Waals surface area contributed by atoms with E-state index >= 15 is 0 Å². The first-order valence-electron chi connectivity index (χ1n) is 7.10. The molecule has 3 rings (SSSR count). The van der Waals surface area contributed by atoms with E-state index in [1.54, 1.807) is 42.6 Å². The van der Waals surface area contributed by atoms with Crippen LogP contribution in [0, 0.1) is 0 Å². The van der Waals surface area contributed by atoms with Gasteiger partial charge in [0.2, 0.25) is 0 Å². The van der Waals surface area contributed by atoms with Crippen LogP contribution in [0.2, 0.25) is 0 Å². The van der Waals surface area contributed by atoms with Gasteiger partial charge in [-0.2, -0.15) is 0 Å². The zero-order valence-electron chi connectivity index (χ0n) is 12.5. The average molecular weight is 323 g/mol. The molecule has 0 aliphatic heterocycles. The normalized spacial score (nSPS) is 10.3. The van der Waals surface area contributed by atoms with Gasteiger partial charge in [0.25, 0.3) is 0 Å². The first-order chi connectivity index (χ1) is 11.6. The molecule has 120 valence electrons. The highest BCUT2D eigenvalue weighted by Gasteiger charge is 2.09. The number of hydrogen-bond donors (Lipinski definition) is 2. The van der Waals surface area contributed by atoms with Crippen LogP contribution in [0.5, 0.6) is 5.75 Å². The van der Waals surface area contributed by atoms with Crippen molar-refractivity contribution in [2.24, 2.45) is 0 Å². The topological polar surface area (TPSA) is 101 Å². The van der Waals surface area contributed by atoms with Gasteiger partial charge < -0.3 is 15.2 Å². The summed E-state index contributed by atoms with van der Waals surface area (Å²) in [4.78, 5) is 31.1. The molecule has 0 amide bonds. The number of carboxylic acid groups (broad SMARTS) is 1. The Labute approximate surface area is 136 Å². The van der Waals surface area contributed by atoms with E-state index in [4.69, 9.17) is 9.84 Å². The summed E-state index contributed by atoms with van der Waals surface area (Å²) in [7, 11) is 0. The molecule has 1 heterocycles. The van der Waals surface area contributed by atoms with E-state index in [1.807, 2.05) is 12.1 Å². The summed E-state index contributed by atoms with van der Waals surface area (Å²) in [6.45, 7) is -0.485. The number of nitrogens with zero attached hydrogens (tertiary/aromatic N) is 2. The minimum absolute atomic E-state index is 0.0255. The number of ether oxygens (including phenoxy) is 1. The molecule has 0 saturated carbocycles. The van der Waals surface area contributed by atoms with Crippen molar-refractivity contribution in [3.8, 4) is 5.75 Å². The Morgan fingerprint density at radius 3 is 2.71 bits per heavy atom. The minimum atomic E-state index is -1.09. The lowest BCUT2D eigenvalue weighted by atomic mass is 10.2. The van der Waals surface area contributed by atoms with Crippen LogP contribution in [-0.4, -0.2) is 27.7 Å². The monoisotopic (exact) mass is 323 g/mol. The highest BCUT2D eigenvalue weighted by molar-refractivity contribution is 5.77. The third kappa shape index (κ3) is 3.46. The number of para-hydroxylation sites is 3. The van der Waals surface area contributed by atoms with Crippen LogP contribution < -0.4 is 15.6 Å². The number of carbonyl (C=O) groups is 1. The van der Waals surface area contributed by atoms with Crippen molar-refractivity contribution in [1.29, 1.82) is 0 Å². The summed E-state index contributed by atoms with van der Waals surface area (Å²) in [6.07, 6.45) is 1.55. The van der Waals surface area contributed by atoms with E-state index in [-0.39, 0.29) is 5.82 Å². The maximum Gasteiger partial charge on any atom is 0.341 e. The summed E-state index contributed by atoms with van der Waals surface area (Å²) in [5.74, 6) is -0.763. The fourth-order valence-corrected chi connectivity index (χ4v) is 2.10. The summed E-state index contributed by atoms with van der Waals surface area (Å²) in [5.41, 5.74) is 0.447. The van der Waals surface area contributed by atoms with Crippen molar-refractivity contribution in [2.75, 3.05) is 11.9 Å². The number of hydrogen-bond acceptors (Lipinski definition) is 6. The Balaban J connectivity index is 1.97. The van der Waals surface area contributed by atoms with E-state index in [1.165, 1.54) is 0 Å². The van der Waals surface area contributed by atoms with Gasteiger partial charge >= 0.3 is 11.5 Å². The van der Waals surface area contributed by atoms with Crippen LogP contribution in [0.4, 0.5) is 11.5 Å². The van der Waals surface area contributed by atoms with Gasteiger partial charge in [-0.05, 0) is 18.2 Å². The summed E-state index contributed by atoms with van der Waals surface area (Å²) < 4.78 is 5.20. The fourth-order valence-electron chi connectivity index (χ4n) is 2.10. The molecular formula is C17H13N3O4. The lowest BCUT2D eigenvalue weighted by Gasteiger charge is -2.10. The van der Waals surface area contributed by atoms with Gasteiger partial charge in [-0.3, -0.25) is 4.79 Å². The predicted octanol–water partition coefficient (Wildman–Crippen LogP) is 2.20. The number of anilines is 2. The Morgan fingerprint density at radius 2 is 1.88 bits per heavy atom. The van der Waals surface area contributed by atoms with Crippen molar-refractivity contribution < 1.29 is 14.6 Å². The second kappa shape index (κ2) is 6.74. The molecule has 7 heteroatoms. The second-order valence-electron chi connectivity index (χ2n) is 4.89. The molecule has 0 bridgehead atoms. The molecule has 0 unspecified atom stereocenters. The Morgan fingerprint density at radius 1 is 1.12 bits per heavy atom. The quantitative estimate of drug-likeness (QED) is 0.742. The largest absolute Gasteiger partial charge is 0.480 e. The molecule has 0 aliphatic carbocycles. The maximum atomic E-state index is 12.2. The van der Waals surface area contributed by atoms with Crippen LogP contribution in [-0.2, 0) is 4.79 Å².